The molecule has 0 spiro atoms. The number of nitrogen functional groups attached to an aromatic ring is 1. The SMILES string of the molecule is C[C@@H](c1nc(N)nc(Nc2ccccc2)n1)N1CCN(CC(=O)N(C)C)CC1. The molecule has 3 rings (SSSR count). The second-order valence-corrected chi connectivity index (χ2v) is 7.14. The maximum Gasteiger partial charge on any atom is 0.236 e. The van der Waals surface area contributed by atoms with Gasteiger partial charge in [-0.1, -0.05) is 18.2 Å². The summed E-state index contributed by atoms with van der Waals surface area (Å²) in [5, 5.41) is 3.17. The van der Waals surface area contributed by atoms with E-state index in [1.54, 1.807) is 19.0 Å². The zero-order valence-electron chi connectivity index (χ0n) is 16.7. The Labute approximate surface area is 165 Å². The second kappa shape index (κ2) is 8.94. The van der Waals surface area contributed by atoms with E-state index in [1.807, 2.05) is 30.3 Å². The minimum Gasteiger partial charge on any atom is -0.368 e. The summed E-state index contributed by atoms with van der Waals surface area (Å²) in [6.45, 7) is 5.88. The van der Waals surface area contributed by atoms with Crippen molar-refractivity contribution in [2.75, 3.05) is 57.9 Å². The predicted octanol–water partition coefficient (Wildman–Crippen LogP) is 0.964. The Hall–Kier alpha value is -2.78. The highest BCUT2D eigenvalue weighted by Gasteiger charge is 2.25. The molecule has 1 atom stereocenters. The fraction of sp³-hybridized carbons (Fsp3) is 0.474. The lowest BCUT2D eigenvalue weighted by Gasteiger charge is -2.37. The van der Waals surface area contributed by atoms with E-state index in [9.17, 15) is 4.79 Å². The van der Waals surface area contributed by atoms with Gasteiger partial charge < -0.3 is 16.0 Å². The zero-order chi connectivity index (χ0) is 20.1. The minimum absolute atomic E-state index is 0.00771. The predicted molar refractivity (Wildman–Crippen MR) is 109 cm³/mol. The fourth-order valence-corrected chi connectivity index (χ4v) is 3.11. The molecule has 0 saturated carbocycles. The molecule has 0 aliphatic carbocycles. The molecule has 9 heteroatoms. The Bertz CT molecular complexity index is 790. The highest BCUT2D eigenvalue weighted by atomic mass is 16.2. The van der Waals surface area contributed by atoms with Crippen LogP contribution in [0, 0.1) is 0 Å². The number of carbonyl (C=O) groups is 1. The molecule has 0 unspecified atom stereocenters. The number of nitrogens with two attached hydrogens (primary N) is 1. The van der Waals surface area contributed by atoms with Crippen molar-refractivity contribution in [2.45, 2.75) is 13.0 Å². The lowest BCUT2D eigenvalue weighted by molar-refractivity contribution is -0.130. The second-order valence-electron chi connectivity index (χ2n) is 7.14. The number of nitrogens with one attached hydrogen (secondary N) is 1. The molecule has 2 heterocycles. The van der Waals surface area contributed by atoms with Gasteiger partial charge in [0.1, 0.15) is 0 Å². The molecule has 1 saturated heterocycles. The Morgan fingerprint density at radius 3 is 2.46 bits per heavy atom. The normalized spacial score (nSPS) is 16.5. The van der Waals surface area contributed by atoms with E-state index >= 15 is 0 Å². The van der Waals surface area contributed by atoms with E-state index in [-0.39, 0.29) is 17.9 Å². The highest BCUT2D eigenvalue weighted by Crippen LogP contribution is 2.21. The molecule has 150 valence electrons. The molecule has 0 radical (unpaired) electrons. The number of carbonyl (C=O) groups excluding carboxylic acids is 1. The van der Waals surface area contributed by atoms with Crippen LogP contribution in [0.1, 0.15) is 18.8 Å². The number of nitrogens with zero attached hydrogens (tertiary/aromatic N) is 6. The Morgan fingerprint density at radius 2 is 1.82 bits per heavy atom. The molecule has 1 aromatic heterocycles. The van der Waals surface area contributed by atoms with E-state index < -0.39 is 0 Å². The minimum atomic E-state index is 0.00771. The van der Waals surface area contributed by atoms with Crippen LogP contribution in [0.25, 0.3) is 0 Å². The first kappa shape index (κ1) is 20.0. The van der Waals surface area contributed by atoms with Gasteiger partial charge in [-0.25, -0.2) is 0 Å². The van der Waals surface area contributed by atoms with Crippen molar-refractivity contribution in [3.05, 3.63) is 36.2 Å². The summed E-state index contributed by atoms with van der Waals surface area (Å²) in [5.74, 6) is 1.41. The molecular formula is C19H28N8O. The number of piperazine rings is 1. The van der Waals surface area contributed by atoms with Crippen molar-refractivity contribution >= 4 is 23.5 Å². The van der Waals surface area contributed by atoms with Gasteiger partial charge in [0.25, 0.3) is 0 Å². The quantitative estimate of drug-likeness (QED) is 0.759. The maximum absolute atomic E-state index is 11.9. The highest BCUT2D eigenvalue weighted by molar-refractivity contribution is 5.77. The van der Waals surface area contributed by atoms with Gasteiger partial charge in [0.2, 0.25) is 17.8 Å². The maximum atomic E-state index is 11.9. The Kier molecular flexibility index (Phi) is 6.37. The number of aromatic nitrogens is 3. The number of amides is 1. The van der Waals surface area contributed by atoms with Crippen molar-refractivity contribution in [3.8, 4) is 0 Å². The van der Waals surface area contributed by atoms with E-state index in [0.717, 1.165) is 31.9 Å². The van der Waals surface area contributed by atoms with Gasteiger partial charge in [-0.2, -0.15) is 15.0 Å². The fourth-order valence-electron chi connectivity index (χ4n) is 3.11. The van der Waals surface area contributed by atoms with Gasteiger partial charge in [0, 0.05) is 46.0 Å². The molecule has 1 fully saturated rings. The summed E-state index contributed by atoms with van der Waals surface area (Å²) >= 11 is 0. The van der Waals surface area contributed by atoms with Crippen LogP contribution in [0.15, 0.2) is 30.3 Å². The summed E-state index contributed by atoms with van der Waals surface area (Å²) in [6.07, 6.45) is 0. The molecule has 1 amide bonds. The monoisotopic (exact) mass is 384 g/mol. The van der Waals surface area contributed by atoms with Crippen molar-refractivity contribution in [1.29, 1.82) is 0 Å². The van der Waals surface area contributed by atoms with Gasteiger partial charge in [-0.05, 0) is 19.1 Å². The first-order valence-corrected chi connectivity index (χ1v) is 9.42. The third kappa shape index (κ3) is 5.14. The van der Waals surface area contributed by atoms with Crippen LogP contribution in [-0.2, 0) is 4.79 Å². The van der Waals surface area contributed by atoms with Gasteiger partial charge in [0.05, 0.1) is 12.6 Å². The lowest BCUT2D eigenvalue weighted by Crippen LogP contribution is -2.50. The number of para-hydroxylation sites is 1. The Morgan fingerprint density at radius 1 is 1.14 bits per heavy atom. The lowest BCUT2D eigenvalue weighted by atomic mass is 10.2. The van der Waals surface area contributed by atoms with Crippen LogP contribution in [0.4, 0.5) is 17.6 Å². The molecule has 1 aliphatic heterocycles. The van der Waals surface area contributed by atoms with Crippen LogP contribution in [0.2, 0.25) is 0 Å². The molecule has 28 heavy (non-hydrogen) atoms. The standard InChI is InChI=1S/C19H28N8O/c1-14(27-11-9-26(10-12-27)13-16(28)25(2)3)17-22-18(20)24-19(23-17)21-15-7-5-4-6-8-15/h4-8,14H,9-13H2,1-3H3,(H3,20,21,22,23,24)/t14-/m0/s1. The van der Waals surface area contributed by atoms with E-state index in [1.165, 1.54) is 0 Å². The van der Waals surface area contributed by atoms with Crippen LogP contribution in [0.5, 0.6) is 0 Å². The number of benzene rings is 1. The van der Waals surface area contributed by atoms with Crippen LogP contribution in [-0.4, -0.2) is 82.4 Å². The average Bonchev–Trinajstić information content (AvgIpc) is 2.68. The van der Waals surface area contributed by atoms with Crippen molar-refractivity contribution in [3.63, 3.8) is 0 Å². The molecular weight excluding hydrogens is 356 g/mol. The number of hydrogen-bond acceptors (Lipinski definition) is 8. The smallest absolute Gasteiger partial charge is 0.236 e. The third-order valence-electron chi connectivity index (χ3n) is 4.89. The van der Waals surface area contributed by atoms with E-state index in [0.29, 0.717) is 18.3 Å². The van der Waals surface area contributed by atoms with Crippen LogP contribution in [0.3, 0.4) is 0 Å². The molecule has 1 aromatic carbocycles. The number of likely N-dealkylation sites (N-methyl/N-ethyl adjacent to an activating group) is 1. The number of anilines is 3. The van der Waals surface area contributed by atoms with E-state index in [2.05, 4.69) is 37.0 Å². The summed E-state index contributed by atoms with van der Waals surface area (Å²) in [5.41, 5.74) is 6.81. The van der Waals surface area contributed by atoms with E-state index in [4.69, 9.17) is 5.73 Å². The summed E-state index contributed by atoms with van der Waals surface area (Å²) in [4.78, 5) is 31.1. The molecule has 0 bridgehead atoms. The zero-order valence-corrected chi connectivity index (χ0v) is 16.7. The van der Waals surface area contributed by atoms with Crippen molar-refractivity contribution < 1.29 is 4.79 Å². The summed E-state index contributed by atoms with van der Waals surface area (Å²) in [6, 6.07) is 9.72. The first-order chi connectivity index (χ1) is 13.4. The average molecular weight is 384 g/mol. The van der Waals surface area contributed by atoms with Gasteiger partial charge in [-0.15, -0.1) is 0 Å². The molecule has 3 N–H and O–H groups in total. The van der Waals surface area contributed by atoms with Gasteiger partial charge >= 0.3 is 0 Å². The van der Waals surface area contributed by atoms with Gasteiger partial charge in [-0.3, -0.25) is 14.6 Å². The van der Waals surface area contributed by atoms with Crippen molar-refractivity contribution in [2.24, 2.45) is 0 Å². The van der Waals surface area contributed by atoms with Crippen molar-refractivity contribution in [1.82, 2.24) is 29.7 Å². The first-order valence-electron chi connectivity index (χ1n) is 9.42. The molecule has 2 aromatic rings. The topological polar surface area (TPSA) is 104 Å². The largest absolute Gasteiger partial charge is 0.368 e. The Balaban J connectivity index is 1.63. The van der Waals surface area contributed by atoms with Gasteiger partial charge in [0.15, 0.2) is 5.82 Å². The number of hydrogen-bond donors (Lipinski definition) is 2. The molecule has 9 nitrogen and oxygen atoms in total. The number of rotatable bonds is 6. The summed E-state index contributed by atoms with van der Waals surface area (Å²) < 4.78 is 0. The molecule has 1 aliphatic rings. The third-order valence-corrected chi connectivity index (χ3v) is 4.89. The van der Waals surface area contributed by atoms with Crippen LogP contribution >= 0.6 is 0 Å². The summed E-state index contributed by atoms with van der Waals surface area (Å²) in [7, 11) is 3.57. The van der Waals surface area contributed by atoms with Crippen LogP contribution < -0.4 is 11.1 Å².